The van der Waals surface area contributed by atoms with Crippen LogP contribution in [0.4, 0.5) is 4.39 Å². The van der Waals surface area contributed by atoms with Crippen LogP contribution < -0.4 is 0 Å². The monoisotopic (exact) mass is 237 g/mol. The predicted molar refractivity (Wildman–Crippen MR) is 54.2 cm³/mol. The van der Waals surface area contributed by atoms with Gasteiger partial charge in [-0.3, -0.25) is 0 Å². The number of rotatable bonds is 3. The zero-order chi connectivity index (χ0) is 10.7. The van der Waals surface area contributed by atoms with Crippen molar-refractivity contribution in [2.45, 2.75) is 25.9 Å². The van der Waals surface area contributed by atoms with Gasteiger partial charge in [0.2, 0.25) is 0 Å². The molecule has 0 saturated carbocycles. The number of pyridine rings is 1. The van der Waals surface area contributed by atoms with Crippen LogP contribution in [0.3, 0.4) is 0 Å². The lowest BCUT2D eigenvalue weighted by atomic mass is 10.1. The first-order valence-electron chi connectivity index (χ1n) is 4.19. The number of hydrogen-bond donors (Lipinski definition) is 1. The van der Waals surface area contributed by atoms with Gasteiger partial charge < -0.3 is 5.11 Å². The van der Waals surface area contributed by atoms with Crippen molar-refractivity contribution >= 4 is 23.2 Å². The molecule has 1 aromatic rings. The molecule has 1 rings (SSSR count). The minimum absolute atomic E-state index is 0.192. The Bertz CT molecular complexity index is 331. The van der Waals surface area contributed by atoms with Gasteiger partial charge in [0.05, 0.1) is 6.10 Å². The third-order valence-corrected chi connectivity index (χ3v) is 2.38. The molecule has 0 fully saturated rings. The van der Waals surface area contributed by atoms with Gasteiger partial charge in [0, 0.05) is 0 Å². The van der Waals surface area contributed by atoms with Gasteiger partial charge >= 0.3 is 0 Å². The third kappa shape index (κ3) is 3.08. The van der Waals surface area contributed by atoms with Crippen molar-refractivity contribution in [3.05, 3.63) is 27.8 Å². The normalized spacial score (nSPS) is 12.9. The molecule has 78 valence electrons. The van der Waals surface area contributed by atoms with Crippen LogP contribution in [-0.4, -0.2) is 16.2 Å². The minimum Gasteiger partial charge on any atom is -0.393 e. The van der Waals surface area contributed by atoms with Crippen molar-refractivity contribution < 1.29 is 9.50 Å². The molecule has 0 aliphatic carbocycles. The van der Waals surface area contributed by atoms with E-state index in [9.17, 15) is 4.39 Å². The summed E-state index contributed by atoms with van der Waals surface area (Å²) in [5, 5.41) is 9.01. The molecular weight excluding hydrogens is 228 g/mol. The van der Waals surface area contributed by atoms with Crippen LogP contribution in [0.2, 0.25) is 10.3 Å². The van der Waals surface area contributed by atoms with Gasteiger partial charge in [-0.25, -0.2) is 9.37 Å². The average molecular weight is 238 g/mol. The van der Waals surface area contributed by atoms with Gasteiger partial charge in [-0.1, -0.05) is 23.2 Å². The number of aryl methyl sites for hydroxylation is 1. The average Bonchev–Trinajstić information content (AvgIpc) is 2.09. The molecular formula is C9H10Cl2FNO. The van der Waals surface area contributed by atoms with E-state index in [0.717, 1.165) is 0 Å². The highest BCUT2D eigenvalue weighted by Crippen LogP contribution is 2.21. The minimum atomic E-state index is -0.586. The maximum absolute atomic E-state index is 13.0. The zero-order valence-electron chi connectivity index (χ0n) is 7.60. The second-order valence-corrected chi connectivity index (χ2v) is 3.81. The molecule has 2 nitrogen and oxygen atoms in total. The molecule has 0 spiro atoms. The van der Waals surface area contributed by atoms with Crippen LogP contribution in [0, 0.1) is 5.82 Å². The Morgan fingerprint density at radius 2 is 2.14 bits per heavy atom. The highest BCUT2D eigenvalue weighted by Gasteiger charge is 2.09. The fourth-order valence-corrected chi connectivity index (χ4v) is 1.44. The summed E-state index contributed by atoms with van der Waals surface area (Å²) >= 11 is 11.2. The summed E-state index contributed by atoms with van der Waals surface area (Å²) in [4.78, 5) is 3.63. The first kappa shape index (κ1) is 11.7. The van der Waals surface area contributed by atoms with E-state index in [1.54, 1.807) is 6.92 Å². The molecule has 0 aromatic carbocycles. The Balaban J connectivity index is 2.82. The van der Waals surface area contributed by atoms with Gasteiger partial charge in [0.1, 0.15) is 5.15 Å². The van der Waals surface area contributed by atoms with E-state index in [2.05, 4.69) is 4.98 Å². The maximum atomic E-state index is 13.0. The van der Waals surface area contributed by atoms with Crippen molar-refractivity contribution in [2.24, 2.45) is 0 Å². The zero-order valence-corrected chi connectivity index (χ0v) is 9.11. The second-order valence-electron chi connectivity index (χ2n) is 3.10. The molecule has 0 unspecified atom stereocenters. The number of aliphatic hydroxyl groups excluding tert-OH is 1. The van der Waals surface area contributed by atoms with Crippen molar-refractivity contribution in [3.8, 4) is 0 Å². The molecule has 0 bridgehead atoms. The summed E-state index contributed by atoms with van der Waals surface area (Å²) in [6.07, 6.45) is 0.560. The van der Waals surface area contributed by atoms with E-state index in [4.69, 9.17) is 28.3 Å². The lowest BCUT2D eigenvalue weighted by molar-refractivity contribution is 0.185. The Kier molecular flexibility index (Phi) is 4.11. The summed E-state index contributed by atoms with van der Waals surface area (Å²) < 4.78 is 13.0. The fraction of sp³-hybridized carbons (Fsp3) is 0.444. The fourth-order valence-electron chi connectivity index (χ4n) is 1.02. The topological polar surface area (TPSA) is 33.1 Å². The lowest BCUT2D eigenvalue weighted by Gasteiger charge is -2.06. The lowest BCUT2D eigenvalue weighted by Crippen LogP contribution is -2.02. The molecule has 1 heterocycles. The predicted octanol–water partition coefficient (Wildman–Crippen LogP) is 2.84. The van der Waals surface area contributed by atoms with Crippen molar-refractivity contribution in [2.75, 3.05) is 0 Å². The van der Waals surface area contributed by atoms with E-state index in [0.29, 0.717) is 18.4 Å². The Hall–Kier alpha value is -0.380. The first-order valence-corrected chi connectivity index (χ1v) is 4.94. The standard InChI is InChI=1S/C9H10Cl2FNO/c1-5(14)2-3-6-4-7(12)9(11)13-8(6)10/h4-5,14H,2-3H2,1H3/t5-/m1/s1. The van der Waals surface area contributed by atoms with Gasteiger partial charge in [-0.05, 0) is 31.4 Å². The van der Waals surface area contributed by atoms with E-state index < -0.39 is 11.9 Å². The third-order valence-electron chi connectivity index (χ3n) is 1.79. The highest BCUT2D eigenvalue weighted by molar-refractivity contribution is 6.32. The molecule has 14 heavy (non-hydrogen) atoms. The Labute approximate surface area is 91.7 Å². The van der Waals surface area contributed by atoms with E-state index >= 15 is 0 Å². The second kappa shape index (κ2) is 4.91. The van der Waals surface area contributed by atoms with Gasteiger partial charge in [-0.2, -0.15) is 0 Å². The number of halogens is 3. The summed E-state index contributed by atoms with van der Waals surface area (Å²) in [7, 11) is 0. The largest absolute Gasteiger partial charge is 0.393 e. The smallest absolute Gasteiger partial charge is 0.166 e. The Morgan fingerprint density at radius 3 is 2.71 bits per heavy atom. The molecule has 0 radical (unpaired) electrons. The summed E-state index contributed by atoms with van der Waals surface area (Å²) in [5.41, 5.74) is 0.564. The highest BCUT2D eigenvalue weighted by atomic mass is 35.5. The summed E-state index contributed by atoms with van der Waals surface area (Å²) in [5.74, 6) is -0.586. The quantitative estimate of drug-likeness (QED) is 0.821. The van der Waals surface area contributed by atoms with Crippen LogP contribution in [0.15, 0.2) is 6.07 Å². The van der Waals surface area contributed by atoms with Gasteiger partial charge in [0.15, 0.2) is 11.0 Å². The number of aliphatic hydroxyl groups is 1. The number of aromatic nitrogens is 1. The summed E-state index contributed by atoms with van der Waals surface area (Å²) in [6, 6.07) is 1.25. The molecule has 1 N–H and O–H groups in total. The molecule has 0 aliphatic rings. The van der Waals surface area contributed by atoms with E-state index in [-0.39, 0.29) is 10.3 Å². The van der Waals surface area contributed by atoms with Crippen LogP contribution >= 0.6 is 23.2 Å². The van der Waals surface area contributed by atoms with Crippen molar-refractivity contribution in [3.63, 3.8) is 0 Å². The maximum Gasteiger partial charge on any atom is 0.166 e. The van der Waals surface area contributed by atoms with Gasteiger partial charge in [-0.15, -0.1) is 0 Å². The number of nitrogens with zero attached hydrogens (tertiary/aromatic N) is 1. The van der Waals surface area contributed by atoms with Gasteiger partial charge in [0.25, 0.3) is 0 Å². The number of hydrogen-bond acceptors (Lipinski definition) is 2. The molecule has 1 atom stereocenters. The van der Waals surface area contributed by atoms with Crippen molar-refractivity contribution in [1.29, 1.82) is 0 Å². The molecule has 5 heteroatoms. The SMILES string of the molecule is C[C@@H](O)CCc1cc(F)c(Cl)nc1Cl. The summed E-state index contributed by atoms with van der Waals surface area (Å²) in [6.45, 7) is 1.66. The first-order chi connectivity index (χ1) is 6.50. The molecule has 0 saturated heterocycles. The van der Waals surface area contributed by atoms with Crippen LogP contribution in [0.1, 0.15) is 18.9 Å². The molecule has 0 amide bonds. The van der Waals surface area contributed by atoms with Crippen LogP contribution in [0.25, 0.3) is 0 Å². The van der Waals surface area contributed by atoms with Crippen LogP contribution in [-0.2, 0) is 6.42 Å². The van der Waals surface area contributed by atoms with Crippen molar-refractivity contribution in [1.82, 2.24) is 4.98 Å². The van der Waals surface area contributed by atoms with Crippen LogP contribution in [0.5, 0.6) is 0 Å². The molecule has 1 aromatic heterocycles. The van der Waals surface area contributed by atoms with E-state index in [1.807, 2.05) is 0 Å². The Morgan fingerprint density at radius 1 is 1.50 bits per heavy atom. The van der Waals surface area contributed by atoms with E-state index in [1.165, 1.54) is 6.07 Å². The molecule has 0 aliphatic heterocycles.